The SMILES string of the molecule is Cn1c(=O)n([C@H]2CCCN(Cc3ccco3)C2)c2ncncc21. The summed E-state index contributed by atoms with van der Waals surface area (Å²) in [7, 11) is 1.77. The van der Waals surface area contributed by atoms with E-state index in [1.54, 1.807) is 24.1 Å². The van der Waals surface area contributed by atoms with E-state index in [9.17, 15) is 4.79 Å². The zero-order chi connectivity index (χ0) is 15.8. The monoisotopic (exact) mass is 313 g/mol. The van der Waals surface area contributed by atoms with Gasteiger partial charge in [-0.2, -0.15) is 0 Å². The number of aryl methyl sites for hydroxylation is 1. The summed E-state index contributed by atoms with van der Waals surface area (Å²) in [6.45, 7) is 2.62. The molecule has 4 rings (SSSR count). The average molecular weight is 313 g/mol. The molecule has 1 fully saturated rings. The van der Waals surface area contributed by atoms with Crippen LogP contribution in [0.5, 0.6) is 0 Å². The molecule has 1 atom stereocenters. The summed E-state index contributed by atoms with van der Waals surface area (Å²) in [5.41, 5.74) is 1.48. The first kappa shape index (κ1) is 14.2. The largest absolute Gasteiger partial charge is 0.468 e. The third kappa shape index (κ3) is 2.46. The minimum absolute atomic E-state index is 0.0228. The summed E-state index contributed by atoms with van der Waals surface area (Å²) < 4.78 is 8.89. The van der Waals surface area contributed by atoms with E-state index in [0.29, 0.717) is 0 Å². The van der Waals surface area contributed by atoms with Crippen molar-refractivity contribution in [2.75, 3.05) is 13.1 Å². The predicted molar refractivity (Wildman–Crippen MR) is 85.0 cm³/mol. The lowest BCUT2D eigenvalue weighted by Crippen LogP contribution is -2.39. The quantitative estimate of drug-likeness (QED) is 0.734. The van der Waals surface area contributed by atoms with Gasteiger partial charge in [0, 0.05) is 13.6 Å². The third-order valence-corrected chi connectivity index (χ3v) is 4.56. The maximum atomic E-state index is 12.6. The van der Waals surface area contributed by atoms with E-state index >= 15 is 0 Å². The highest BCUT2D eigenvalue weighted by Gasteiger charge is 2.26. The van der Waals surface area contributed by atoms with Gasteiger partial charge in [0.15, 0.2) is 5.65 Å². The van der Waals surface area contributed by atoms with Crippen LogP contribution in [0.15, 0.2) is 40.1 Å². The zero-order valence-electron chi connectivity index (χ0n) is 13.1. The smallest absolute Gasteiger partial charge is 0.330 e. The third-order valence-electron chi connectivity index (χ3n) is 4.56. The molecule has 0 aliphatic carbocycles. The summed E-state index contributed by atoms with van der Waals surface area (Å²) in [5.74, 6) is 0.957. The fourth-order valence-corrected chi connectivity index (χ4v) is 3.43. The Morgan fingerprint density at radius 3 is 3.17 bits per heavy atom. The lowest BCUT2D eigenvalue weighted by Gasteiger charge is -2.32. The van der Waals surface area contributed by atoms with Gasteiger partial charge in [-0.25, -0.2) is 14.8 Å². The second-order valence-corrected chi connectivity index (χ2v) is 6.05. The molecule has 7 heteroatoms. The Morgan fingerprint density at radius 1 is 1.43 bits per heavy atom. The number of fused-ring (bicyclic) bond motifs is 1. The highest BCUT2D eigenvalue weighted by molar-refractivity contribution is 5.70. The summed E-state index contributed by atoms with van der Waals surface area (Å²) in [6.07, 6.45) is 6.94. The molecule has 0 radical (unpaired) electrons. The number of hydrogen-bond donors (Lipinski definition) is 0. The Hall–Kier alpha value is -2.41. The number of piperidine rings is 1. The van der Waals surface area contributed by atoms with Crippen molar-refractivity contribution in [1.82, 2.24) is 24.0 Å². The van der Waals surface area contributed by atoms with Crippen LogP contribution in [0.25, 0.3) is 11.2 Å². The first-order valence-electron chi connectivity index (χ1n) is 7.85. The van der Waals surface area contributed by atoms with Crippen LogP contribution in [0.1, 0.15) is 24.6 Å². The lowest BCUT2D eigenvalue weighted by molar-refractivity contribution is 0.159. The standard InChI is InChI=1S/C16H19N5O2/c1-19-14-8-17-11-18-15(14)21(16(19)22)12-4-2-6-20(9-12)10-13-5-3-7-23-13/h3,5,7-8,11-12H,2,4,6,9-10H2,1H3/t12-/m0/s1. The number of aromatic nitrogens is 4. The number of imidazole rings is 1. The van der Waals surface area contributed by atoms with Gasteiger partial charge in [-0.15, -0.1) is 0 Å². The van der Waals surface area contributed by atoms with Gasteiger partial charge in [0.1, 0.15) is 17.6 Å². The fourth-order valence-electron chi connectivity index (χ4n) is 3.43. The fraction of sp³-hybridized carbons (Fsp3) is 0.438. The summed E-state index contributed by atoms with van der Waals surface area (Å²) in [6, 6.07) is 4.02. The van der Waals surface area contributed by atoms with Crippen molar-refractivity contribution in [3.63, 3.8) is 0 Å². The van der Waals surface area contributed by atoms with E-state index in [1.807, 2.05) is 16.7 Å². The molecular formula is C16H19N5O2. The normalized spacial score (nSPS) is 19.4. The minimum atomic E-state index is -0.0228. The molecule has 4 heterocycles. The summed E-state index contributed by atoms with van der Waals surface area (Å²) >= 11 is 0. The molecule has 0 aromatic carbocycles. The molecule has 0 unspecified atom stereocenters. The van der Waals surface area contributed by atoms with Gasteiger partial charge in [0.25, 0.3) is 0 Å². The van der Waals surface area contributed by atoms with Crippen molar-refractivity contribution in [2.45, 2.75) is 25.4 Å². The predicted octanol–water partition coefficient (Wildman–Crippen LogP) is 1.56. The molecule has 0 N–H and O–H groups in total. The van der Waals surface area contributed by atoms with Crippen LogP contribution in [-0.2, 0) is 13.6 Å². The van der Waals surface area contributed by atoms with E-state index < -0.39 is 0 Å². The minimum Gasteiger partial charge on any atom is -0.468 e. The van der Waals surface area contributed by atoms with Crippen molar-refractivity contribution >= 4 is 11.2 Å². The Morgan fingerprint density at radius 2 is 2.35 bits per heavy atom. The zero-order valence-corrected chi connectivity index (χ0v) is 13.1. The Labute approximate surface area is 133 Å². The van der Waals surface area contributed by atoms with Crippen LogP contribution in [0, 0.1) is 0 Å². The molecule has 3 aromatic rings. The van der Waals surface area contributed by atoms with Crippen molar-refractivity contribution in [3.05, 3.63) is 47.2 Å². The molecule has 23 heavy (non-hydrogen) atoms. The molecular weight excluding hydrogens is 294 g/mol. The van der Waals surface area contributed by atoms with Crippen molar-refractivity contribution in [1.29, 1.82) is 0 Å². The molecule has 1 aliphatic heterocycles. The second kappa shape index (κ2) is 5.66. The number of hydrogen-bond acceptors (Lipinski definition) is 5. The molecule has 0 amide bonds. The Balaban J connectivity index is 1.65. The number of nitrogens with zero attached hydrogens (tertiary/aromatic N) is 5. The molecule has 1 saturated heterocycles. The molecule has 120 valence electrons. The summed E-state index contributed by atoms with van der Waals surface area (Å²) in [4.78, 5) is 23.3. The molecule has 1 aliphatic rings. The summed E-state index contributed by atoms with van der Waals surface area (Å²) in [5, 5.41) is 0. The van der Waals surface area contributed by atoms with Crippen LogP contribution in [0.3, 0.4) is 0 Å². The lowest BCUT2D eigenvalue weighted by atomic mass is 10.1. The van der Waals surface area contributed by atoms with Crippen LogP contribution in [0.4, 0.5) is 0 Å². The maximum absolute atomic E-state index is 12.6. The van der Waals surface area contributed by atoms with Gasteiger partial charge in [0.2, 0.25) is 0 Å². The van der Waals surface area contributed by atoms with Gasteiger partial charge in [-0.3, -0.25) is 14.0 Å². The van der Waals surface area contributed by atoms with E-state index in [1.165, 1.54) is 6.33 Å². The molecule has 7 nitrogen and oxygen atoms in total. The number of likely N-dealkylation sites (tertiary alicyclic amines) is 1. The van der Waals surface area contributed by atoms with Gasteiger partial charge < -0.3 is 4.42 Å². The highest BCUT2D eigenvalue weighted by Crippen LogP contribution is 2.24. The van der Waals surface area contributed by atoms with Gasteiger partial charge in [-0.1, -0.05) is 0 Å². The number of furan rings is 1. The molecule has 0 saturated carbocycles. The van der Waals surface area contributed by atoms with Crippen LogP contribution in [-0.4, -0.2) is 37.1 Å². The first-order chi connectivity index (χ1) is 11.2. The molecule has 0 bridgehead atoms. The molecule has 0 spiro atoms. The Kier molecular flexibility index (Phi) is 3.49. The van der Waals surface area contributed by atoms with Crippen molar-refractivity contribution in [2.24, 2.45) is 7.05 Å². The number of rotatable bonds is 3. The van der Waals surface area contributed by atoms with Gasteiger partial charge in [0.05, 0.1) is 25.0 Å². The van der Waals surface area contributed by atoms with E-state index in [2.05, 4.69) is 14.9 Å². The van der Waals surface area contributed by atoms with E-state index in [0.717, 1.165) is 49.4 Å². The van der Waals surface area contributed by atoms with Crippen molar-refractivity contribution < 1.29 is 4.42 Å². The van der Waals surface area contributed by atoms with Crippen molar-refractivity contribution in [3.8, 4) is 0 Å². The van der Waals surface area contributed by atoms with Crippen LogP contribution < -0.4 is 5.69 Å². The molecule has 3 aromatic heterocycles. The van der Waals surface area contributed by atoms with Gasteiger partial charge >= 0.3 is 5.69 Å². The van der Waals surface area contributed by atoms with E-state index in [4.69, 9.17) is 4.42 Å². The average Bonchev–Trinajstić information content (AvgIpc) is 3.16. The highest BCUT2D eigenvalue weighted by atomic mass is 16.3. The van der Waals surface area contributed by atoms with E-state index in [-0.39, 0.29) is 11.7 Å². The first-order valence-corrected chi connectivity index (χ1v) is 7.85. The topological polar surface area (TPSA) is 69.1 Å². The van der Waals surface area contributed by atoms with Crippen LogP contribution in [0.2, 0.25) is 0 Å². The second-order valence-electron chi connectivity index (χ2n) is 6.05. The van der Waals surface area contributed by atoms with Gasteiger partial charge in [-0.05, 0) is 31.5 Å². The Bertz CT molecular complexity index is 864. The maximum Gasteiger partial charge on any atom is 0.330 e. The van der Waals surface area contributed by atoms with Crippen LogP contribution >= 0.6 is 0 Å².